The fraction of sp³-hybridized carbons (Fsp3) is 0.375. The van der Waals surface area contributed by atoms with E-state index in [1.54, 1.807) is 31.4 Å². The molecule has 0 fully saturated rings. The van der Waals surface area contributed by atoms with Crippen molar-refractivity contribution in [3.8, 4) is 0 Å². The minimum Gasteiger partial charge on any atom is -0.349 e. The van der Waals surface area contributed by atoms with Crippen LogP contribution in [0.15, 0.2) is 34.2 Å². The molecule has 3 rings (SSSR count). The Kier molecular flexibility index (Phi) is 4.47. The average molecular weight is 330 g/mol. The Morgan fingerprint density at radius 2 is 2.30 bits per heavy atom. The summed E-state index contributed by atoms with van der Waals surface area (Å²) < 4.78 is 1.36. The van der Waals surface area contributed by atoms with Gasteiger partial charge >= 0.3 is 0 Å². The second kappa shape index (κ2) is 6.54. The molecule has 2 aromatic heterocycles. The minimum absolute atomic E-state index is 0.0128. The molecule has 0 aromatic carbocycles. The topological polar surface area (TPSA) is 76.9 Å². The normalized spacial score (nSPS) is 16.7. The van der Waals surface area contributed by atoms with Gasteiger partial charge < -0.3 is 5.32 Å². The van der Waals surface area contributed by atoms with Crippen molar-refractivity contribution in [1.82, 2.24) is 20.1 Å². The summed E-state index contributed by atoms with van der Waals surface area (Å²) in [5, 5.41) is 8.07. The number of hydrogen-bond acceptors (Lipinski definition) is 5. The summed E-state index contributed by atoms with van der Waals surface area (Å²) in [5.41, 5.74) is 2.35. The molecule has 1 unspecified atom stereocenters. The van der Waals surface area contributed by atoms with Gasteiger partial charge in [0.05, 0.1) is 11.3 Å². The first-order chi connectivity index (χ1) is 11.1. The zero-order chi connectivity index (χ0) is 16.4. The first-order valence-electron chi connectivity index (χ1n) is 7.44. The molecule has 1 N–H and O–H groups in total. The van der Waals surface area contributed by atoms with E-state index in [0.717, 1.165) is 29.1 Å². The van der Waals surface area contributed by atoms with Gasteiger partial charge in [-0.1, -0.05) is 0 Å². The lowest BCUT2D eigenvalue weighted by Gasteiger charge is -2.25. The summed E-state index contributed by atoms with van der Waals surface area (Å²) >= 11 is 1.45. The average Bonchev–Trinajstić information content (AvgIpc) is 2.56. The molecule has 6 nitrogen and oxygen atoms in total. The van der Waals surface area contributed by atoms with Gasteiger partial charge in [0.25, 0.3) is 11.5 Å². The molecule has 1 atom stereocenters. The van der Waals surface area contributed by atoms with E-state index in [9.17, 15) is 9.59 Å². The molecule has 0 spiro atoms. The van der Waals surface area contributed by atoms with Crippen LogP contribution in [0.3, 0.4) is 0 Å². The molecular formula is C16H18N4O2S. The Hall–Kier alpha value is -2.15. The number of nitrogens with zero attached hydrogens (tertiary/aromatic N) is 3. The number of rotatable bonds is 3. The first kappa shape index (κ1) is 15.7. The summed E-state index contributed by atoms with van der Waals surface area (Å²) in [6, 6.07) is 5.18. The SMILES string of the molecule is CSc1ncccc1C(=O)NC1CCc2nn(C)c(=O)cc2C1. The highest BCUT2D eigenvalue weighted by molar-refractivity contribution is 7.98. The van der Waals surface area contributed by atoms with Crippen molar-refractivity contribution in [3.05, 3.63) is 51.6 Å². The number of carbonyl (C=O) groups is 1. The molecular weight excluding hydrogens is 312 g/mol. The van der Waals surface area contributed by atoms with Crippen molar-refractivity contribution in [1.29, 1.82) is 0 Å². The number of amides is 1. The molecule has 0 radical (unpaired) electrons. The van der Waals surface area contributed by atoms with Crippen molar-refractivity contribution >= 4 is 17.7 Å². The third-order valence-electron chi connectivity index (χ3n) is 4.00. The lowest BCUT2D eigenvalue weighted by molar-refractivity contribution is 0.0929. The molecule has 0 bridgehead atoms. The van der Waals surface area contributed by atoms with Crippen molar-refractivity contribution < 1.29 is 4.79 Å². The summed E-state index contributed by atoms with van der Waals surface area (Å²) in [4.78, 5) is 28.4. The van der Waals surface area contributed by atoms with E-state index in [4.69, 9.17) is 0 Å². The third kappa shape index (κ3) is 3.29. The van der Waals surface area contributed by atoms with Gasteiger partial charge in [0, 0.05) is 25.4 Å². The number of pyridine rings is 1. The van der Waals surface area contributed by atoms with Crippen LogP contribution in [-0.4, -0.2) is 33.0 Å². The van der Waals surface area contributed by atoms with Gasteiger partial charge in [0.1, 0.15) is 5.03 Å². The highest BCUT2D eigenvalue weighted by Gasteiger charge is 2.23. The first-order valence-corrected chi connectivity index (χ1v) is 8.67. The molecule has 7 heteroatoms. The van der Waals surface area contributed by atoms with Gasteiger partial charge in [-0.15, -0.1) is 11.8 Å². The van der Waals surface area contributed by atoms with Crippen molar-refractivity contribution in [3.63, 3.8) is 0 Å². The molecule has 0 saturated heterocycles. The van der Waals surface area contributed by atoms with E-state index in [-0.39, 0.29) is 17.5 Å². The molecule has 2 heterocycles. The van der Waals surface area contributed by atoms with Crippen LogP contribution in [0.25, 0.3) is 0 Å². The Bertz CT molecular complexity index is 803. The van der Waals surface area contributed by atoms with Crippen LogP contribution in [-0.2, 0) is 19.9 Å². The van der Waals surface area contributed by atoms with E-state index < -0.39 is 0 Å². The predicted molar refractivity (Wildman–Crippen MR) is 88.8 cm³/mol. The van der Waals surface area contributed by atoms with Crippen LogP contribution in [0, 0.1) is 0 Å². The van der Waals surface area contributed by atoms with E-state index in [1.807, 2.05) is 6.26 Å². The van der Waals surface area contributed by atoms with Gasteiger partial charge in [-0.05, 0) is 43.2 Å². The maximum absolute atomic E-state index is 12.5. The van der Waals surface area contributed by atoms with Crippen LogP contribution in [0.2, 0.25) is 0 Å². The second-order valence-electron chi connectivity index (χ2n) is 5.55. The fourth-order valence-corrected chi connectivity index (χ4v) is 3.35. The number of fused-ring (bicyclic) bond motifs is 1. The van der Waals surface area contributed by atoms with Crippen LogP contribution in [0.4, 0.5) is 0 Å². The van der Waals surface area contributed by atoms with Crippen molar-refractivity contribution in [2.24, 2.45) is 7.05 Å². The summed E-state index contributed by atoms with van der Waals surface area (Å²) in [5.74, 6) is -0.118. The van der Waals surface area contributed by atoms with Gasteiger partial charge in [-0.2, -0.15) is 5.10 Å². The van der Waals surface area contributed by atoms with Crippen LogP contribution in [0.5, 0.6) is 0 Å². The second-order valence-corrected chi connectivity index (χ2v) is 6.35. The highest BCUT2D eigenvalue weighted by atomic mass is 32.2. The number of nitrogens with one attached hydrogen (secondary N) is 1. The smallest absolute Gasteiger partial charge is 0.266 e. The largest absolute Gasteiger partial charge is 0.349 e. The van der Waals surface area contributed by atoms with Crippen LogP contribution < -0.4 is 10.9 Å². The fourth-order valence-electron chi connectivity index (χ4n) is 2.80. The van der Waals surface area contributed by atoms with Crippen LogP contribution in [0.1, 0.15) is 28.0 Å². The van der Waals surface area contributed by atoms with Gasteiger partial charge in [-0.3, -0.25) is 9.59 Å². The summed E-state index contributed by atoms with van der Waals surface area (Å²) in [6.07, 6.45) is 5.80. The summed E-state index contributed by atoms with van der Waals surface area (Å²) in [6.45, 7) is 0. The highest BCUT2D eigenvalue weighted by Crippen LogP contribution is 2.20. The maximum Gasteiger partial charge on any atom is 0.266 e. The van der Waals surface area contributed by atoms with E-state index in [0.29, 0.717) is 12.0 Å². The molecule has 1 aliphatic rings. The lowest BCUT2D eigenvalue weighted by atomic mass is 9.92. The Balaban J connectivity index is 1.76. The predicted octanol–water partition coefficient (Wildman–Crippen LogP) is 1.18. The quantitative estimate of drug-likeness (QED) is 0.855. The molecule has 23 heavy (non-hydrogen) atoms. The number of carbonyl (C=O) groups excluding carboxylic acids is 1. The van der Waals surface area contributed by atoms with E-state index >= 15 is 0 Å². The molecule has 0 aliphatic heterocycles. The number of aromatic nitrogens is 3. The lowest BCUT2D eigenvalue weighted by Crippen LogP contribution is -2.40. The zero-order valence-electron chi connectivity index (χ0n) is 13.1. The molecule has 2 aromatic rings. The summed E-state index contributed by atoms with van der Waals surface area (Å²) in [7, 11) is 1.66. The zero-order valence-corrected chi connectivity index (χ0v) is 13.9. The monoisotopic (exact) mass is 330 g/mol. The van der Waals surface area contributed by atoms with Crippen LogP contribution >= 0.6 is 11.8 Å². The number of aryl methyl sites for hydroxylation is 2. The number of hydrogen-bond donors (Lipinski definition) is 1. The van der Waals surface area contributed by atoms with E-state index in [1.165, 1.54) is 16.4 Å². The molecule has 0 saturated carbocycles. The van der Waals surface area contributed by atoms with E-state index in [2.05, 4.69) is 15.4 Å². The Labute approximate surface area is 138 Å². The Morgan fingerprint density at radius 3 is 3.09 bits per heavy atom. The van der Waals surface area contributed by atoms with Crippen molar-refractivity contribution in [2.45, 2.75) is 30.3 Å². The van der Waals surface area contributed by atoms with Gasteiger partial charge in [0.2, 0.25) is 0 Å². The molecule has 120 valence electrons. The number of thioether (sulfide) groups is 1. The molecule has 1 aliphatic carbocycles. The third-order valence-corrected chi connectivity index (χ3v) is 4.71. The van der Waals surface area contributed by atoms with Gasteiger partial charge in [-0.25, -0.2) is 9.67 Å². The van der Waals surface area contributed by atoms with Gasteiger partial charge in [0.15, 0.2) is 0 Å². The standard InChI is InChI=1S/C16H18N4O2S/c1-20-14(21)9-10-8-11(5-6-13(10)19-20)18-15(22)12-4-3-7-17-16(12)23-2/h3-4,7,9,11H,5-6,8H2,1-2H3,(H,18,22). The van der Waals surface area contributed by atoms with Crippen molar-refractivity contribution in [2.75, 3.05) is 6.26 Å². The molecule has 1 amide bonds. The minimum atomic E-state index is -0.118. The maximum atomic E-state index is 12.5. The Morgan fingerprint density at radius 1 is 1.48 bits per heavy atom.